The van der Waals surface area contributed by atoms with Crippen molar-refractivity contribution in [3.05, 3.63) is 36.8 Å². The molecule has 0 spiro atoms. The van der Waals surface area contributed by atoms with Crippen LogP contribution in [0.3, 0.4) is 0 Å². The zero-order valence-electron chi connectivity index (χ0n) is 16.0. The maximum absolute atomic E-state index is 5.91. The summed E-state index contributed by atoms with van der Waals surface area (Å²) in [6, 6.07) is 6.59. The van der Waals surface area contributed by atoms with Crippen molar-refractivity contribution in [2.24, 2.45) is 0 Å². The van der Waals surface area contributed by atoms with E-state index in [0.29, 0.717) is 24.5 Å². The summed E-state index contributed by atoms with van der Waals surface area (Å²) < 4.78 is 7.76. The number of H-pyrrole nitrogens is 1. The van der Waals surface area contributed by atoms with Crippen LogP contribution >= 0.6 is 0 Å². The van der Waals surface area contributed by atoms with Gasteiger partial charge in [-0.1, -0.05) is 19.3 Å². The molecule has 0 amide bonds. The average molecular weight is 376 g/mol. The minimum Gasteiger partial charge on any atom is -0.477 e. The van der Waals surface area contributed by atoms with Crippen LogP contribution < -0.4 is 10.1 Å². The smallest absolute Gasteiger partial charge is 0.228 e. The van der Waals surface area contributed by atoms with Crippen LogP contribution in [0.1, 0.15) is 39.0 Å². The predicted molar refractivity (Wildman–Crippen MR) is 110 cm³/mol. The molecule has 0 radical (unpaired) electrons. The molecular weight excluding hydrogens is 352 g/mol. The van der Waals surface area contributed by atoms with Crippen molar-refractivity contribution >= 4 is 22.5 Å². The van der Waals surface area contributed by atoms with Crippen LogP contribution in [0.25, 0.3) is 27.7 Å². The molecule has 5 rings (SSSR count). The minimum atomic E-state index is 0.444. The van der Waals surface area contributed by atoms with Crippen LogP contribution in [0.5, 0.6) is 5.88 Å². The van der Waals surface area contributed by atoms with E-state index in [2.05, 4.69) is 21.5 Å². The highest BCUT2D eigenvalue weighted by Gasteiger charge is 2.19. The first-order valence-electron chi connectivity index (χ1n) is 10.0. The van der Waals surface area contributed by atoms with Crippen LogP contribution in [0.2, 0.25) is 0 Å². The predicted octanol–water partition coefficient (Wildman–Crippen LogP) is 4.42. The van der Waals surface area contributed by atoms with E-state index in [-0.39, 0.29) is 0 Å². The molecule has 4 heterocycles. The summed E-state index contributed by atoms with van der Waals surface area (Å²) in [5, 5.41) is 8.69. The average Bonchev–Trinajstić information content (AvgIpc) is 3.35. The minimum absolute atomic E-state index is 0.444. The molecule has 1 saturated carbocycles. The van der Waals surface area contributed by atoms with E-state index in [1.807, 2.05) is 36.0 Å². The van der Waals surface area contributed by atoms with Gasteiger partial charge >= 0.3 is 0 Å². The largest absolute Gasteiger partial charge is 0.477 e. The Morgan fingerprint density at radius 2 is 2.11 bits per heavy atom. The lowest BCUT2D eigenvalue weighted by atomic mass is 9.96. The lowest BCUT2D eigenvalue weighted by molar-refractivity contribution is 0.331. The molecule has 0 unspecified atom stereocenters. The first-order chi connectivity index (χ1) is 13.8. The Labute approximate surface area is 163 Å². The quantitative estimate of drug-likeness (QED) is 0.539. The van der Waals surface area contributed by atoms with E-state index < -0.39 is 0 Å². The number of aromatic amines is 1. The van der Waals surface area contributed by atoms with Gasteiger partial charge in [0.1, 0.15) is 5.65 Å². The summed E-state index contributed by atoms with van der Waals surface area (Å²) in [7, 11) is 0. The zero-order valence-corrected chi connectivity index (χ0v) is 16.0. The van der Waals surface area contributed by atoms with Crippen LogP contribution in [0, 0.1) is 0 Å². The third kappa shape index (κ3) is 3.06. The summed E-state index contributed by atoms with van der Waals surface area (Å²) >= 11 is 0. The van der Waals surface area contributed by atoms with E-state index >= 15 is 0 Å². The fourth-order valence-electron chi connectivity index (χ4n) is 4.05. The number of nitrogens with zero attached hydrogens (tertiary/aromatic N) is 4. The first kappa shape index (κ1) is 17.0. The van der Waals surface area contributed by atoms with Crippen molar-refractivity contribution in [1.29, 1.82) is 0 Å². The molecule has 1 aliphatic carbocycles. The fourth-order valence-corrected chi connectivity index (χ4v) is 4.05. The highest BCUT2D eigenvalue weighted by molar-refractivity contribution is 5.98. The maximum atomic E-state index is 5.91. The Kier molecular flexibility index (Phi) is 4.35. The van der Waals surface area contributed by atoms with E-state index in [4.69, 9.17) is 14.7 Å². The lowest BCUT2D eigenvalue weighted by Crippen LogP contribution is -2.23. The Hall–Kier alpha value is -3.09. The summed E-state index contributed by atoms with van der Waals surface area (Å²) in [5.74, 6) is 1.26. The molecule has 1 aliphatic rings. The molecular formula is C21H24N6O. The molecule has 0 atom stereocenters. The summed E-state index contributed by atoms with van der Waals surface area (Å²) in [6.45, 7) is 2.54. The molecule has 28 heavy (non-hydrogen) atoms. The third-order valence-electron chi connectivity index (χ3n) is 5.43. The lowest BCUT2D eigenvalue weighted by Gasteiger charge is -2.22. The number of aromatic nitrogens is 5. The van der Waals surface area contributed by atoms with Crippen LogP contribution in [0.4, 0.5) is 5.95 Å². The van der Waals surface area contributed by atoms with Gasteiger partial charge in [0, 0.05) is 30.2 Å². The van der Waals surface area contributed by atoms with Gasteiger partial charge in [-0.15, -0.1) is 0 Å². The number of hydrogen-bond acceptors (Lipinski definition) is 5. The van der Waals surface area contributed by atoms with Crippen LogP contribution in [-0.4, -0.2) is 37.2 Å². The van der Waals surface area contributed by atoms with Crippen molar-refractivity contribution in [3.63, 3.8) is 0 Å². The van der Waals surface area contributed by atoms with Crippen molar-refractivity contribution in [3.8, 4) is 17.0 Å². The SMILES string of the molecule is CCOc1nc(NC2CCCCC2)nc2[nH]cc(-c3ccn4nccc4c3)c12. The summed E-state index contributed by atoms with van der Waals surface area (Å²) in [6.07, 6.45) is 11.9. The number of pyridine rings is 1. The number of anilines is 1. The van der Waals surface area contributed by atoms with E-state index in [0.717, 1.165) is 27.7 Å². The molecule has 144 valence electrons. The van der Waals surface area contributed by atoms with E-state index in [1.54, 1.807) is 6.20 Å². The third-order valence-corrected chi connectivity index (χ3v) is 5.43. The molecule has 0 aromatic carbocycles. The van der Waals surface area contributed by atoms with Gasteiger partial charge in [-0.05, 0) is 43.5 Å². The van der Waals surface area contributed by atoms with Gasteiger partial charge in [-0.2, -0.15) is 15.1 Å². The Bertz CT molecular complexity index is 1110. The molecule has 2 N–H and O–H groups in total. The van der Waals surface area contributed by atoms with E-state index in [9.17, 15) is 0 Å². The second kappa shape index (κ2) is 7.14. The summed E-state index contributed by atoms with van der Waals surface area (Å²) in [5.41, 5.74) is 3.95. The molecule has 7 nitrogen and oxygen atoms in total. The van der Waals surface area contributed by atoms with Crippen LogP contribution in [0.15, 0.2) is 36.8 Å². The van der Waals surface area contributed by atoms with Crippen molar-refractivity contribution in [2.75, 3.05) is 11.9 Å². The molecule has 4 aromatic heterocycles. The number of nitrogens with one attached hydrogen (secondary N) is 2. The maximum Gasteiger partial charge on any atom is 0.228 e. The van der Waals surface area contributed by atoms with Crippen molar-refractivity contribution in [2.45, 2.75) is 45.1 Å². The number of fused-ring (bicyclic) bond motifs is 2. The highest BCUT2D eigenvalue weighted by atomic mass is 16.5. The molecule has 7 heteroatoms. The van der Waals surface area contributed by atoms with Crippen molar-refractivity contribution < 1.29 is 4.74 Å². The normalized spacial score (nSPS) is 15.3. The van der Waals surface area contributed by atoms with Gasteiger partial charge in [-0.3, -0.25) is 0 Å². The number of ether oxygens (including phenoxy) is 1. The van der Waals surface area contributed by atoms with Crippen LogP contribution in [-0.2, 0) is 0 Å². The zero-order chi connectivity index (χ0) is 18.9. The standard InChI is InChI=1S/C21H24N6O/c1-2-28-20-18-17(14-9-11-27-16(12-14)8-10-23-27)13-22-19(18)25-21(26-20)24-15-6-4-3-5-7-15/h8-13,15H,2-7H2,1H3,(H2,22,24,25,26). The highest BCUT2D eigenvalue weighted by Crippen LogP contribution is 2.35. The molecule has 0 aliphatic heterocycles. The van der Waals surface area contributed by atoms with Gasteiger partial charge in [0.05, 0.1) is 17.5 Å². The van der Waals surface area contributed by atoms with E-state index in [1.165, 1.54) is 32.1 Å². The topological polar surface area (TPSA) is 80.1 Å². The number of hydrogen-bond donors (Lipinski definition) is 2. The van der Waals surface area contributed by atoms with Gasteiger partial charge in [0.2, 0.25) is 11.8 Å². The molecule has 1 fully saturated rings. The molecule has 0 bridgehead atoms. The van der Waals surface area contributed by atoms with Gasteiger partial charge in [0.25, 0.3) is 0 Å². The number of rotatable bonds is 5. The fraction of sp³-hybridized carbons (Fsp3) is 0.381. The Morgan fingerprint density at radius 1 is 1.21 bits per heavy atom. The van der Waals surface area contributed by atoms with Gasteiger partial charge < -0.3 is 15.0 Å². The second-order valence-electron chi connectivity index (χ2n) is 7.31. The summed E-state index contributed by atoms with van der Waals surface area (Å²) in [4.78, 5) is 12.8. The molecule has 0 saturated heterocycles. The first-order valence-corrected chi connectivity index (χ1v) is 10.0. The van der Waals surface area contributed by atoms with Gasteiger partial charge in [0.15, 0.2) is 0 Å². The Balaban J connectivity index is 1.57. The molecule has 4 aromatic rings. The monoisotopic (exact) mass is 376 g/mol. The van der Waals surface area contributed by atoms with Gasteiger partial charge in [-0.25, -0.2) is 4.52 Å². The van der Waals surface area contributed by atoms with Crippen molar-refractivity contribution in [1.82, 2.24) is 24.6 Å². The Morgan fingerprint density at radius 3 is 2.96 bits per heavy atom. The second-order valence-corrected chi connectivity index (χ2v) is 7.31.